The molecule has 0 spiro atoms. The smallest absolute Gasteiger partial charge is 0.271 e. The molecule has 0 amide bonds. The first-order valence-corrected chi connectivity index (χ1v) is 7.38. The number of nitrogens with two attached hydrogens (primary N) is 1. The average molecular weight is 301 g/mol. The van der Waals surface area contributed by atoms with Crippen molar-refractivity contribution in [1.82, 2.24) is 4.31 Å². The van der Waals surface area contributed by atoms with Crippen LogP contribution in [-0.4, -0.2) is 43.9 Å². The van der Waals surface area contributed by atoms with E-state index in [1.165, 1.54) is 23.5 Å². The SMILES string of the molecule is COc1ccc([N+](=O)[O-])cc1S(=O)(=O)N1CC[C@@H](N)C1. The van der Waals surface area contributed by atoms with Gasteiger partial charge in [0, 0.05) is 31.3 Å². The molecule has 20 heavy (non-hydrogen) atoms. The van der Waals surface area contributed by atoms with Crippen molar-refractivity contribution in [2.45, 2.75) is 17.4 Å². The largest absolute Gasteiger partial charge is 0.495 e. The standard InChI is InChI=1S/C11H15N3O5S/c1-19-10-3-2-9(14(15)16)6-11(10)20(17,18)13-5-4-8(12)7-13/h2-3,6,8H,4-5,7,12H2,1H3/t8-/m1/s1. The minimum Gasteiger partial charge on any atom is -0.495 e. The highest BCUT2D eigenvalue weighted by atomic mass is 32.2. The van der Waals surface area contributed by atoms with Crippen molar-refractivity contribution in [1.29, 1.82) is 0 Å². The van der Waals surface area contributed by atoms with Gasteiger partial charge in [0.05, 0.1) is 12.0 Å². The molecule has 1 aromatic rings. The van der Waals surface area contributed by atoms with Gasteiger partial charge in [-0.25, -0.2) is 8.42 Å². The van der Waals surface area contributed by atoms with E-state index in [-0.39, 0.29) is 28.9 Å². The second-order valence-electron chi connectivity index (χ2n) is 4.50. The predicted molar refractivity (Wildman–Crippen MR) is 71.0 cm³/mol. The lowest BCUT2D eigenvalue weighted by molar-refractivity contribution is -0.385. The normalized spacial score (nSPS) is 20.0. The zero-order valence-corrected chi connectivity index (χ0v) is 11.7. The monoisotopic (exact) mass is 301 g/mol. The maximum absolute atomic E-state index is 12.5. The summed E-state index contributed by atoms with van der Waals surface area (Å²) in [7, 11) is -2.53. The third-order valence-corrected chi connectivity index (χ3v) is 5.05. The maximum atomic E-state index is 12.5. The molecular weight excluding hydrogens is 286 g/mol. The fourth-order valence-electron chi connectivity index (χ4n) is 2.09. The number of methoxy groups -OCH3 is 1. The van der Waals surface area contributed by atoms with Crippen LogP contribution in [0.3, 0.4) is 0 Å². The summed E-state index contributed by atoms with van der Waals surface area (Å²) < 4.78 is 31.2. The van der Waals surface area contributed by atoms with Gasteiger partial charge in [-0.15, -0.1) is 0 Å². The van der Waals surface area contributed by atoms with E-state index in [4.69, 9.17) is 10.5 Å². The number of ether oxygens (including phenoxy) is 1. The van der Waals surface area contributed by atoms with Crippen LogP contribution in [0.25, 0.3) is 0 Å². The summed E-state index contributed by atoms with van der Waals surface area (Å²) in [5, 5.41) is 10.8. The Balaban J connectivity index is 2.49. The van der Waals surface area contributed by atoms with Crippen molar-refractivity contribution in [2.24, 2.45) is 5.73 Å². The number of sulfonamides is 1. The highest BCUT2D eigenvalue weighted by molar-refractivity contribution is 7.89. The van der Waals surface area contributed by atoms with E-state index in [1.54, 1.807) is 0 Å². The zero-order chi connectivity index (χ0) is 14.9. The van der Waals surface area contributed by atoms with Gasteiger partial charge in [-0.2, -0.15) is 4.31 Å². The van der Waals surface area contributed by atoms with Gasteiger partial charge in [0.1, 0.15) is 10.6 Å². The van der Waals surface area contributed by atoms with Crippen molar-refractivity contribution in [3.63, 3.8) is 0 Å². The fourth-order valence-corrected chi connectivity index (χ4v) is 3.78. The van der Waals surface area contributed by atoms with E-state index in [0.717, 1.165) is 6.07 Å². The molecule has 0 unspecified atom stereocenters. The first-order valence-electron chi connectivity index (χ1n) is 5.94. The van der Waals surface area contributed by atoms with Gasteiger partial charge in [0.15, 0.2) is 0 Å². The minimum absolute atomic E-state index is 0.0797. The molecule has 110 valence electrons. The van der Waals surface area contributed by atoms with Gasteiger partial charge in [0.2, 0.25) is 10.0 Å². The molecule has 0 radical (unpaired) electrons. The van der Waals surface area contributed by atoms with E-state index in [0.29, 0.717) is 13.0 Å². The quantitative estimate of drug-likeness (QED) is 0.632. The number of nitrogens with zero attached hydrogens (tertiary/aromatic N) is 2. The lowest BCUT2D eigenvalue weighted by Gasteiger charge is -2.17. The predicted octanol–water partition coefficient (Wildman–Crippen LogP) is 0.325. The fraction of sp³-hybridized carbons (Fsp3) is 0.455. The van der Waals surface area contributed by atoms with Crippen molar-refractivity contribution in [3.8, 4) is 5.75 Å². The Labute approximate surface area is 116 Å². The molecule has 2 N–H and O–H groups in total. The van der Waals surface area contributed by atoms with Crippen LogP contribution >= 0.6 is 0 Å². The van der Waals surface area contributed by atoms with E-state index in [9.17, 15) is 18.5 Å². The number of nitro benzene ring substituents is 1. The Kier molecular flexibility index (Phi) is 3.93. The van der Waals surface area contributed by atoms with Crippen LogP contribution in [0.1, 0.15) is 6.42 Å². The molecule has 1 saturated heterocycles. The molecule has 9 heteroatoms. The van der Waals surface area contributed by atoms with Gasteiger partial charge in [-0.3, -0.25) is 10.1 Å². The highest BCUT2D eigenvalue weighted by Gasteiger charge is 2.34. The van der Waals surface area contributed by atoms with Gasteiger partial charge in [0.25, 0.3) is 5.69 Å². The molecule has 2 rings (SSSR count). The van der Waals surface area contributed by atoms with Crippen LogP contribution in [0.2, 0.25) is 0 Å². The van der Waals surface area contributed by atoms with Crippen LogP contribution in [-0.2, 0) is 10.0 Å². The average Bonchev–Trinajstić information content (AvgIpc) is 2.85. The molecule has 0 aliphatic carbocycles. The van der Waals surface area contributed by atoms with Crippen molar-refractivity contribution in [3.05, 3.63) is 28.3 Å². The summed E-state index contributed by atoms with van der Waals surface area (Å²) in [4.78, 5) is 9.94. The lowest BCUT2D eigenvalue weighted by Crippen LogP contribution is -2.32. The number of benzene rings is 1. The molecule has 1 aromatic carbocycles. The van der Waals surface area contributed by atoms with Crippen LogP contribution in [0.15, 0.2) is 23.1 Å². The number of nitro groups is 1. The highest BCUT2D eigenvalue weighted by Crippen LogP contribution is 2.31. The molecule has 1 aliphatic heterocycles. The molecule has 0 saturated carbocycles. The van der Waals surface area contributed by atoms with Crippen LogP contribution in [0, 0.1) is 10.1 Å². The van der Waals surface area contributed by atoms with Gasteiger partial charge in [-0.05, 0) is 12.5 Å². The van der Waals surface area contributed by atoms with E-state index < -0.39 is 14.9 Å². The summed E-state index contributed by atoms with van der Waals surface area (Å²) in [6.07, 6.45) is 0.566. The molecule has 8 nitrogen and oxygen atoms in total. The number of non-ortho nitro benzene ring substituents is 1. The molecule has 1 aliphatic rings. The van der Waals surface area contributed by atoms with Gasteiger partial charge in [-0.1, -0.05) is 0 Å². The first-order chi connectivity index (χ1) is 9.36. The third-order valence-electron chi connectivity index (χ3n) is 3.16. The number of hydrogen-bond donors (Lipinski definition) is 1. The third kappa shape index (κ3) is 2.60. The summed E-state index contributed by atoms with van der Waals surface area (Å²) in [5.74, 6) is 0.0797. The van der Waals surface area contributed by atoms with E-state index in [2.05, 4.69) is 0 Å². The van der Waals surface area contributed by atoms with Crippen LogP contribution in [0.4, 0.5) is 5.69 Å². The Morgan fingerprint density at radius 2 is 2.20 bits per heavy atom. The Bertz CT molecular complexity index is 631. The van der Waals surface area contributed by atoms with Crippen LogP contribution in [0.5, 0.6) is 5.75 Å². The van der Waals surface area contributed by atoms with Gasteiger partial charge >= 0.3 is 0 Å². The summed E-state index contributed by atoms with van der Waals surface area (Å²) >= 11 is 0. The van der Waals surface area contributed by atoms with E-state index in [1.807, 2.05) is 0 Å². The second kappa shape index (κ2) is 5.35. The Hall–Kier alpha value is -1.71. The molecule has 1 fully saturated rings. The lowest BCUT2D eigenvalue weighted by atomic mass is 10.3. The Morgan fingerprint density at radius 3 is 2.70 bits per heavy atom. The van der Waals surface area contributed by atoms with Crippen molar-refractivity contribution >= 4 is 15.7 Å². The number of rotatable bonds is 4. The summed E-state index contributed by atoms with van der Waals surface area (Å²) in [6.45, 7) is 0.503. The zero-order valence-electron chi connectivity index (χ0n) is 10.9. The first kappa shape index (κ1) is 14.7. The molecule has 1 heterocycles. The Morgan fingerprint density at radius 1 is 1.50 bits per heavy atom. The summed E-state index contributed by atoms with van der Waals surface area (Å²) in [6, 6.07) is 3.28. The molecule has 0 aromatic heterocycles. The van der Waals surface area contributed by atoms with Crippen molar-refractivity contribution in [2.75, 3.05) is 20.2 Å². The summed E-state index contributed by atoms with van der Waals surface area (Å²) in [5.41, 5.74) is 5.40. The molecular formula is C11H15N3O5S. The minimum atomic E-state index is -3.85. The number of hydrogen-bond acceptors (Lipinski definition) is 6. The van der Waals surface area contributed by atoms with Crippen molar-refractivity contribution < 1.29 is 18.1 Å². The topological polar surface area (TPSA) is 116 Å². The maximum Gasteiger partial charge on any atom is 0.271 e. The second-order valence-corrected chi connectivity index (χ2v) is 6.41. The van der Waals surface area contributed by atoms with Gasteiger partial charge < -0.3 is 10.5 Å². The molecule has 1 atom stereocenters. The molecule has 0 bridgehead atoms. The van der Waals surface area contributed by atoms with E-state index >= 15 is 0 Å². The van der Waals surface area contributed by atoms with Crippen LogP contribution < -0.4 is 10.5 Å².